The van der Waals surface area contributed by atoms with Gasteiger partial charge in [0.2, 0.25) is 0 Å². The number of methoxy groups -OCH3 is 1. The van der Waals surface area contributed by atoms with E-state index in [2.05, 4.69) is 10.4 Å². The summed E-state index contributed by atoms with van der Waals surface area (Å²) < 4.78 is 18.9. The summed E-state index contributed by atoms with van der Waals surface area (Å²) >= 11 is 0. The molecule has 0 spiro atoms. The first kappa shape index (κ1) is 19.3. The van der Waals surface area contributed by atoms with Gasteiger partial charge in [-0.1, -0.05) is 42.5 Å². The van der Waals surface area contributed by atoms with E-state index in [4.69, 9.17) is 14.2 Å². The van der Waals surface area contributed by atoms with Gasteiger partial charge in [0.1, 0.15) is 17.9 Å². The number of aliphatic hydroxyl groups is 1. The van der Waals surface area contributed by atoms with Gasteiger partial charge in [0, 0.05) is 18.3 Å². The van der Waals surface area contributed by atoms with Crippen LogP contribution in [0.5, 0.6) is 5.75 Å². The molecule has 2 saturated heterocycles. The molecule has 2 aromatic carbocycles. The highest BCUT2D eigenvalue weighted by Gasteiger charge is 2.51. The Morgan fingerprint density at radius 2 is 1.93 bits per heavy atom. The predicted molar refractivity (Wildman–Crippen MR) is 111 cm³/mol. The number of fused-ring (bicyclic) bond motifs is 2. The summed E-state index contributed by atoms with van der Waals surface area (Å²) in [6.45, 7) is 1.06. The van der Waals surface area contributed by atoms with Crippen LogP contribution in [-0.2, 0) is 16.0 Å². The minimum atomic E-state index is -0.696. The maximum atomic E-state index is 11.2. The molecule has 0 radical (unpaired) electrons. The lowest BCUT2D eigenvalue weighted by molar-refractivity contribution is -0.168. The number of hydrogen-bond donors (Lipinski definition) is 2. The monoisotopic (exact) mass is 407 g/mol. The molecule has 2 aliphatic heterocycles. The third kappa shape index (κ3) is 3.61. The van der Waals surface area contributed by atoms with Crippen molar-refractivity contribution in [2.45, 2.75) is 37.1 Å². The second kappa shape index (κ2) is 8.20. The largest absolute Gasteiger partial charge is 0.497 e. The molecule has 0 amide bonds. The molecule has 0 unspecified atom stereocenters. The van der Waals surface area contributed by atoms with Crippen LogP contribution in [0.15, 0.2) is 67.0 Å². The summed E-state index contributed by atoms with van der Waals surface area (Å²) in [5.41, 5.74) is 3.17. The summed E-state index contributed by atoms with van der Waals surface area (Å²) in [6.07, 6.45) is 2.35. The highest BCUT2D eigenvalue weighted by molar-refractivity contribution is 5.61. The van der Waals surface area contributed by atoms with E-state index in [0.717, 1.165) is 22.4 Å². The molecule has 0 aliphatic carbocycles. The first-order chi connectivity index (χ1) is 14.7. The lowest BCUT2D eigenvalue weighted by Crippen LogP contribution is -2.57. The summed E-state index contributed by atoms with van der Waals surface area (Å²) in [5.74, 6) is 0.819. The molecular formula is C23H25N3O4. The van der Waals surface area contributed by atoms with Crippen molar-refractivity contribution in [3.05, 3.63) is 72.6 Å². The van der Waals surface area contributed by atoms with Gasteiger partial charge in [-0.05, 0) is 23.3 Å². The van der Waals surface area contributed by atoms with E-state index >= 15 is 0 Å². The van der Waals surface area contributed by atoms with Crippen LogP contribution in [0.25, 0.3) is 11.1 Å². The molecule has 156 valence electrons. The summed E-state index contributed by atoms with van der Waals surface area (Å²) in [5, 5.41) is 19.2. The number of aliphatic hydroxyl groups excluding tert-OH is 1. The lowest BCUT2D eigenvalue weighted by Gasteiger charge is -2.38. The molecule has 7 nitrogen and oxygen atoms in total. The zero-order valence-electron chi connectivity index (χ0n) is 16.7. The Labute approximate surface area is 175 Å². The smallest absolute Gasteiger partial charge is 0.183 e. The topological polar surface area (TPSA) is 77.8 Å². The Bertz CT molecular complexity index is 976. The molecule has 2 fully saturated rings. The zero-order chi connectivity index (χ0) is 20.5. The van der Waals surface area contributed by atoms with Gasteiger partial charge in [-0.25, -0.2) is 0 Å². The highest BCUT2D eigenvalue weighted by atomic mass is 16.7. The molecule has 1 aromatic heterocycles. The van der Waals surface area contributed by atoms with Crippen LogP contribution >= 0.6 is 0 Å². The third-order valence-electron chi connectivity index (χ3n) is 5.85. The van der Waals surface area contributed by atoms with Crippen LogP contribution < -0.4 is 10.1 Å². The molecule has 3 heterocycles. The zero-order valence-corrected chi connectivity index (χ0v) is 16.7. The highest BCUT2D eigenvalue weighted by Crippen LogP contribution is 2.36. The Balaban J connectivity index is 1.33. The van der Waals surface area contributed by atoms with Crippen molar-refractivity contribution in [2.75, 3.05) is 13.7 Å². The van der Waals surface area contributed by atoms with E-state index < -0.39 is 18.4 Å². The SMILES string of the molecule is COc1ccc(CN[C@H]2[C@H](O)[C@@H](n3cc(-c4ccccc4)cn3)[C@@H]3OC[C@H]2O3)cc1. The van der Waals surface area contributed by atoms with E-state index in [9.17, 15) is 5.11 Å². The summed E-state index contributed by atoms with van der Waals surface area (Å²) in [6, 6.07) is 17.2. The Hall–Kier alpha value is -2.71. The summed E-state index contributed by atoms with van der Waals surface area (Å²) in [4.78, 5) is 0. The van der Waals surface area contributed by atoms with Crippen LogP contribution in [0.1, 0.15) is 11.6 Å². The number of nitrogens with zero attached hydrogens (tertiary/aromatic N) is 2. The van der Waals surface area contributed by atoms with Gasteiger partial charge < -0.3 is 24.6 Å². The molecule has 7 heteroatoms. The maximum absolute atomic E-state index is 11.2. The molecular weight excluding hydrogens is 382 g/mol. The quantitative estimate of drug-likeness (QED) is 0.653. The van der Waals surface area contributed by atoms with Gasteiger partial charge >= 0.3 is 0 Å². The maximum Gasteiger partial charge on any atom is 0.183 e. The van der Waals surface area contributed by atoms with Gasteiger partial charge in [-0.3, -0.25) is 4.68 Å². The minimum Gasteiger partial charge on any atom is -0.497 e. The van der Waals surface area contributed by atoms with Crippen LogP contribution in [0.2, 0.25) is 0 Å². The first-order valence-corrected chi connectivity index (χ1v) is 10.1. The van der Waals surface area contributed by atoms with Crippen molar-refractivity contribution in [1.82, 2.24) is 15.1 Å². The number of hydrogen-bond acceptors (Lipinski definition) is 6. The molecule has 0 saturated carbocycles. The van der Waals surface area contributed by atoms with Crippen molar-refractivity contribution in [3.8, 4) is 16.9 Å². The lowest BCUT2D eigenvalue weighted by atomic mass is 9.95. The number of ether oxygens (including phenoxy) is 3. The van der Waals surface area contributed by atoms with Crippen molar-refractivity contribution in [1.29, 1.82) is 0 Å². The van der Waals surface area contributed by atoms with Crippen molar-refractivity contribution in [3.63, 3.8) is 0 Å². The fraction of sp³-hybridized carbons (Fsp3) is 0.348. The van der Waals surface area contributed by atoms with Crippen molar-refractivity contribution >= 4 is 0 Å². The van der Waals surface area contributed by atoms with Crippen molar-refractivity contribution < 1.29 is 19.3 Å². The number of aromatic nitrogens is 2. The Kier molecular flexibility index (Phi) is 5.26. The standard InChI is InChI=1S/C23H25N3O4/c1-28-18-9-7-15(8-10-18)11-24-20-19-14-29-23(30-19)21(22(20)27)26-13-17(12-25-26)16-5-3-2-4-6-16/h2-10,12-13,19-24,27H,11,14H2,1H3/t19-,20-,21-,22+,23-/m1/s1. The average Bonchev–Trinajstić information content (AvgIpc) is 3.44. The second-order valence-corrected chi connectivity index (χ2v) is 7.69. The van der Waals surface area contributed by atoms with E-state index in [-0.39, 0.29) is 12.1 Å². The number of rotatable bonds is 6. The van der Waals surface area contributed by atoms with Crippen LogP contribution in [-0.4, -0.2) is 53.1 Å². The van der Waals surface area contributed by atoms with E-state index in [1.54, 1.807) is 11.8 Å². The van der Waals surface area contributed by atoms with Crippen molar-refractivity contribution in [2.24, 2.45) is 0 Å². The number of nitrogens with one attached hydrogen (secondary N) is 1. The molecule has 2 N–H and O–H groups in total. The normalized spacial score (nSPS) is 27.9. The Morgan fingerprint density at radius 1 is 1.13 bits per heavy atom. The van der Waals surface area contributed by atoms with E-state index in [1.807, 2.05) is 67.0 Å². The molecule has 3 aromatic rings. The average molecular weight is 407 g/mol. The number of benzene rings is 2. The minimum absolute atomic E-state index is 0.191. The second-order valence-electron chi connectivity index (χ2n) is 7.69. The van der Waals surface area contributed by atoms with E-state index in [0.29, 0.717) is 13.2 Å². The van der Waals surface area contributed by atoms with Crippen LogP contribution in [0.4, 0.5) is 0 Å². The molecule has 2 aliphatic rings. The summed E-state index contributed by atoms with van der Waals surface area (Å²) in [7, 11) is 1.65. The fourth-order valence-corrected chi connectivity index (χ4v) is 4.19. The molecule has 5 atom stereocenters. The third-order valence-corrected chi connectivity index (χ3v) is 5.85. The van der Waals surface area contributed by atoms with Crippen LogP contribution in [0.3, 0.4) is 0 Å². The van der Waals surface area contributed by atoms with Gasteiger partial charge in [0.15, 0.2) is 6.29 Å². The van der Waals surface area contributed by atoms with Gasteiger partial charge in [-0.2, -0.15) is 5.10 Å². The molecule has 2 bridgehead atoms. The van der Waals surface area contributed by atoms with E-state index in [1.165, 1.54) is 0 Å². The fourth-order valence-electron chi connectivity index (χ4n) is 4.19. The van der Waals surface area contributed by atoms with Gasteiger partial charge in [-0.15, -0.1) is 0 Å². The molecule has 5 rings (SSSR count). The molecule has 30 heavy (non-hydrogen) atoms. The van der Waals surface area contributed by atoms with Crippen LogP contribution in [0, 0.1) is 0 Å². The van der Waals surface area contributed by atoms with Gasteiger partial charge in [0.05, 0.1) is 32.1 Å². The Morgan fingerprint density at radius 3 is 2.70 bits per heavy atom. The van der Waals surface area contributed by atoms with Gasteiger partial charge in [0.25, 0.3) is 0 Å². The predicted octanol–water partition coefficient (Wildman–Crippen LogP) is 2.37. The first-order valence-electron chi connectivity index (χ1n) is 10.1.